The van der Waals surface area contributed by atoms with Crippen molar-refractivity contribution in [1.29, 1.82) is 0 Å². The molecule has 2 heterocycles. The van der Waals surface area contributed by atoms with Gasteiger partial charge in [-0.1, -0.05) is 6.92 Å². The maximum Gasteiger partial charge on any atom is 0.278 e. The van der Waals surface area contributed by atoms with Gasteiger partial charge in [0.2, 0.25) is 0 Å². The largest absolute Gasteiger partial charge is 0.313 e. The Morgan fingerprint density at radius 2 is 2.24 bits per heavy atom. The summed E-state index contributed by atoms with van der Waals surface area (Å²) in [5.41, 5.74) is 2.47. The van der Waals surface area contributed by atoms with Crippen LogP contribution in [0.25, 0.3) is 0 Å². The second-order valence-corrected chi connectivity index (χ2v) is 6.76. The van der Waals surface area contributed by atoms with Gasteiger partial charge in [0.1, 0.15) is 0 Å². The first kappa shape index (κ1) is 16.2. The summed E-state index contributed by atoms with van der Waals surface area (Å²) in [6, 6.07) is 0.497. The number of aryl methyl sites for hydroxylation is 1. The normalized spacial score (nSPS) is 21.7. The lowest BCUT2D eigenvalue weighted by molar-refractivity contribution is -0.386. The van der Waals surface area contributed by atoms with Crippen LogP contribution in [0.2, 0.25) is 0 Å². The summed E-state index contributed by atoms with van der Waals surface area (Å²) in [7, 11) is 0. The van der Waals surface area contributed by atoms with Crippen LogP contribution in [-0.2, 0) is 6.42 Å². The zero-order chi connectivity index (χ0) is 15.4. The van der Waals surface area contributed by atoms with E-state index in [2.05, 4.69) is 17.2 Å². The molecule has 1 fully saturated rings. The fourth-order valence-corrected chi connectivity index (χ4v) is 4.29. The number of hydrogen-bond donors (Lipinski definition) is 1. The molecule has 116 valence electrons. The number of nitro groups is 1. The second-order valence-electron chi connectivity index (χ2n) is 5.68. The fraction of sp³-hybridized carbons (Fsp3) is 0.667. The third kappa shape index (κ3) is 3.74. The molecule has 2 unspecified atom stereocenters. The Kier molecular flexibility index (Phi) is 5.58. The van der Waals surface area contributed by atoms with Crippen molar-refractivity contribution in [2.75, 3.05) is 18.1 Å². The molecule has 0 aliphatic carbocycles. The van der Waals surface area contributed by atoms with E-state index in [1.165, 1.54) is 0 Å². The maximum absolute atomic E-state index is 11.2. The van der Waals surface area contributed by atoms with Gasteiger partial charge in [0.15, 0.2) is 0 Å². The quantitative estimate of drug-likeness (QED) is 0.646. The van der Waals surface area contributed by atoms with Crippen LogP contribution in [0, 0.1) is 29.9 Å². The molecule has 1 aliphatic rings. The predicted molar refractivity (Wildman–Crippen MR) is 87.0 cm³/mol. The highest BCUT2D eigenvalue weighted by Gasteiger charge is 2.29. The SMILES string of the molecule is CCCNC1CSCC1Cc1ncc(C)c([N+](=O)[O-])c1C. The molecule has 0 amide bonds. The third-order valence-electron chi connectivity index (χ3n) is 4.07. The average Bonchev–Trinajstić information content (AvgIpc) is 2.86. The van der Waals surface area contributed by atoms with Gasteiger partial charge in [-0.15, -0.1) is 0 Å². The first-order valence-electron chi connectivity index (χ1n) is 7.45. The van der Waals surface area contributed by atoms with Crippen LogP contribution in [0.3, 0.4) is 0 Å². The number of aromatic nitrogens is 1. The van der Waals surface area contributed by atoms with Crippen LogP contribution in [0.4, 0.5) is 5.69 Å². The van der Waals surface area contributed by atoms with Gasteiger partial charge in [0.25, 0.3) is 5.69 Å². The van der Waals surface area contributed by atoms with Crippen LogP contribution >= 0.6 is 11.8 Å². The van der Waals surface area contributed by atoms with Crippen LogP contribution in [0.1, 0.15) is 30.2 Å². The number of hydrogen-bond acceptors (Lipinski definition) is 5. The molecule has 6 heteroatoms. The Bertz CT molecular complexity index is 522. The third-order valence-corrected chi connectivity index (χ3v) is 5.33. The van der Waals surface area contributed by atoms with Crippen molar-refractivity contribution in [1.82, 2.24) is 10.3 Å². The van der Waals surface area contributed by atoms with Gasteiger partial charge in [-0.2, -0.15) is 11.8 Å². The van der Waals surface area contributed by atoms with E-state index in [4.69, 9.17) is 0 Å². The molecular formula is C15H23N3O2S. The molecule has 0 bridgehead atoms. The molecule has 1 saturated heterocycles. The van der Waals surface area contributed by atoms with E-state index in [0.717, 1.165) is 42.1 Å². The van der Waals surface area contributed by atoms with Gasteiger partial charge in [-0.05, 0) is 44.9 Å². The summed E-state index contributed by atoms with van der Waals surface area (Å²) in [6.45, 7) is 6.77. The minimum absolute atomic E-state index is 0.226. The van der Waals surface area contributed by atoms with Crippen molar-refractivity contribution >= 4 is 17.4 Å². The molecule has 1 aromatic heterocycles. The van der Waals surface area contributed by atoms with E-state index in [9.17, 15) is 10.1 Å². The monoisotopic (exact) mass is 309 g/mol. The molecule has 1 N–H and O–H groups in total. The number of nitrogens with zero attached hydrogens (tertiary/aromatic N) is 2. The summed E-state index contributed by atoms with van der Waals surface area (Å²) in [5, 5.41) is 14.8. The number of rotatable bonds is 6. The van der Waals surface area contributed by atoms with Gasteiger partial charge >= 0.3 is 0 Å². The molecule has 0 saturated carbocycles. The average molecular weight is 309 g/mol. The topological polar surface area (TPSA) is 68.1 Å². The molecule has 0 radical (unpaired) electrons. The Labute approximate surface area is 130 Å². The molecular weight excluding hydrogens is 286 g/mol. The Balaban J connectivity index is 2.16. The van der Waals surface area contributed by atoms with Gasteiger partial charge in [-0.25, -0.2) is 0 Å². The Hall–Kier alpha value is -1.14. The standard InChI is InChI=1S/C15H23N3O2S/c1-4-5-16-14-9-21-8-12(14)6-13-11(3)15(18(19)20)10(2)7-17-13/h7,12,14,16H,4-6,8-9H2,1-3H3. The summed E-state index contributed by atoms with van der Waals surface area (Å²) in [4.78, 5) is 15.4. The number of pyridine rings is 1. The molecule has 21 heavy (non-hydrogen) atoms. The Morgan fingerprint density at radius 1 is 1.48 bits per heavy atom. The van der Waals surface area contributed by atoms with E-state index in [-0.39, 0.29) is 10.6 Å². The van der Waals surface area contributed by atoms with Crippen LogP contribution in [-0.4, -0.2) is 34.0 Å². The zero-order valence-corrected chi connectivity index (χ0v) is 13.7. The van der Waals surface area contributed by atoms with E-state index in [1.54, 1.807) is 13.1 Å². The zero-order valence-electron chi connectivity index (χ0n) is 12.9. The van der Waals surface area contributed by atoms with Crippen molar-refractivity contribution < 1.29 is 4.92 Å². The lowest BCUT2D eigenvalue weighted by Crippen LogP contribution is -2.37. The highest BCUT2D eigenvalue weighted by Crippen LogP contribution is 2.30. The van der Waals surface area contributed by atoms with Crippen LogP contribution in [0.5, 0.6) is 0 Å². The minimum atomic E-state index is -0.286. The van der Waals surface area contributed by atoms with Crippen molar-refractivity contribution in [3.8, 4) is 0 Å². The summed E-state index contributed by atoms with van der Waals surface area (Å²) < 4.78 is 0. The summed E-state index contributed by atoms with van der Waals surface area (Å²) in [5.74, 6) is 2.73. The molecule has 1 aromatic rings. The lowest BCUT2D eigenvalue weighted by Gasteiger charge is -2.20. The molecule has 2 rings (SSSR count). The second kappa shape index (κ2) is 7.22. The lowest BCUT2D eigenvalue weighted by atomic mass is 9.94. The molecule has 5 nitrogen and oxygen atoms in total. The van der Waals surface area contributed by atoms with E-state index in [1.807, 2.05) is 18.7 Å². The highest BCUT2D eigenvalue weighted by atomic mass is 32.2. The summed E-state index contributed by atoms with van der Waals surface area (Å²) in [6.07, 6.45) is 3.58. The Morgan fingerprint density at radius 3 is 2.90 bits per heavy atom. The molecule has 0 aromatic carbocycles. The van der Waals surface area contributed by atoms with E-state index < -0.39 is 0 Å². The van der Waals surface area contributed by atoms with Crippen LogP contribution < -0.4 is 5.32 Å². The molecule has 2 atom stereocenters. The van der Waals surface area contributed by atoms with Crippen LogP contribution in [0.15, 0.2) is 6.20 Å². The van der Waals surface area contributed by atoms with Gasteiger partial charge in [0, 0.05) is 29.1 Å². The van der Waals surface area contributed by atoms with Crippen molar-refractivity contribution in [3.05, 3.63) is 33.1 Å². The summed E-state index contributed by atoms with van der Waals surface area (Å²) >= 11 is 1.96. The van der Waals surface area contributed by atoms with Gasteiger partial charge in [-0.3, -0.25) is 15.1 Å². The molecule has 1 aliphatic heterocycles. The number of nitrogens with one attached hydrogen (secondary N) is 1. The smallest absolute Gasteiger partial charge is 0.278 e. The minimum Gasteiger partial charge on any atom is -0.313 e. The van der Waals surface area contributed by atoms with Gasteiger partial charge in [0.05, 0.1) is 10.6 Å². The molecule has 0 spiro atoms. The highest BCUT2D eigenvalue weighted by molar-refractivity contribution is 7.99. The van der Waals surface area contributed by atoms with E-state index >= 15 is 0 Å². The van der Waals surface area contributed by atoms with Crippen molar-refractivity contribution in [2.24, 2.45) is 5.92 Å². The van der Waals surface area contributed by atoms with E-state index in [0.29, 0.717) is 17.5 Å². The van der Waals surface area contributed by atoms with Gasteiger partial charge < -0.3 is 5.32 Å². The first-order valence-corrected chi connectivity index (χ1v) is 8.60. The van der Waals surface area contributed by atoms with Crippen molar-refractivity contribution in [3.63, 3.8) is 0 Å². The maximum atomic E-state index is 11.2. The fourth-order valence-electron chi connectivity index (χ4n) is 2.86. The van der Waals surface area contributed by atoms with Crippen molar-refractivity contribution in [2.45, 2.75) is 39.7 Å². The first-order chi connectivity index (χ1) is 10.0. The predicted octanol–water partition coefficient (Wildman–Crippen LogP) is 2.88. The number of thioether (sulfide) groups is 1.